The summed E-state index contributed by atoms with van der Waals surface area (Å²) in [5.74, 6) is -0.976. The van der Waals surface area contributed by atoms with Crippen molar-refractivity contribution < 1.29 is 22.7 Å². The number of esters is 1. The summed E-state index contributed by atoms with van der Waals surface area (Å²) in [6, 6.07) is 14.8. The Hall–Kier alpha value is -3.01. The fourth-order valence-electron chi connectivity index (χ4n) is 3.71. The largest absolute Gasteiger partial charge is 0.452 e. The van der Waals surface area contributed by atoms with E-state index < -0.39 is 22.6 Å². The van der Waals surface area contributed by atoms with Crippen LogP contribution in [0.15, 0.2) is 59.5 Å². The molecule has 0 bridgehead atoms. The lowest BCUT2D eigenvalue weighted by Gasteiger charge is -2.33. The molecule has 3 aromatic rings. The van der Waals surface area contributed by atoms with Gasteiger partial charge in [-0.2, -0.15) is 4.31 Å². The van der Waals surface area contributed by atoms with Crippen LogP contribution >= 0.6 is 11.6 Å². The zero-order chi connectivity index (χ0) is 23.6. The highest BCUT2D eigenvalue weighted by Crippen LogP contribution is 2.21. The molecule has 8 nitrogen and oxygen atoms in total. The van der Waals surface area contributed by atoms with E-state index in [0.29, 0.717) is 27.2 Å². The van der Waals surface area contributed by atoms with Crippen molar-refractivity contribution in [3.8, 4) is 0 Å². The third-order valence-corrected chi connectivity index (χ3v) is 7.60. The van der Waals surface area contributed by atoms with Crippen molar-refractivity contribution in [2.24, 2.45) is 0 Å². The molecule has 1 aromatic heterocycles. The van der Waals surface area contributed by atoms with Gasteiger partial charge in [-0.15, -0.1) is 0 Å². The van der Waals surface area contributed by atoms with E-state index in [9.17, 15) is 18.0 Å². The second-order valence-corrected chi connectivity index (χ2v) is 10.0. The Morgan fingerprint density at radius 3 is 2.39 bits per heavy atom. The summed E-state index contributed by atoms with van der Waals surface area (Å²) < 4.78 is 32.2. The van der Waals surface area contributed by atoms with Crippen LogP contribution in [-0.2, 0) is 19.6 Å². The number of para-hydroxylation sites is 1. The first-order valence-corrected chi connectivity index (χ1v) is 12.1. The molecule has 0 radical (unpaired) electrons. The Balaban J connectivity index is 1.35. The first-order chi connectivity index (χ1) is 15.8. The quantitative estimate of drug-likeness (QED) is 0.513. The van der Waals surface area contributed by atoms with Crippen molar-refractivity contribution in [2.45, 2.75) is 11.8 Å². The molecule has 0 spiro atoms. The summed E-state index contributed by atoms with van der Waals surface area (Å²) in [4.78, 5) is 31.3. The number of fused-ring (bicyclic) bond motifs is 1. The van der Waals surface area contributed by atoms with Crippen LogP contribution in [0.3, 0.4) is 0 Å². The molecule has 0 saturated carbocycles. The van der Waals surface area contributed by atoms with Gasteiger partial charge in [0.15, 0.2) is 6.61 Å². The van der Waals surface area contributed by atoms with Crippen molar-refractivity contribution in [3.05, 3.63) is 70.9 Å². The molecule has 2 aromatic carbocycles. The highest BCUT2D eigenvalue weighted by atomic mass is 35.5. The number of benzene rings is 2. The van der Waals surface area contributed by atoms with Gasteiger partial charge in [0.1, 0.15) is 0 Å². The molecule has 10 heteroatoms. The maximum atomic E-state index is 12.8. The molecule has 0 aliphatic carbocycles. The zero-order valence-corrected chi connectivity index (χ0v) is 19.5. The molecule has 1 aliphatic heterocycles. The second-order valence-electron chi connectivity index (χ2n) is 7.64. The summed E-state index contributed by atoms with van der Waals surface area (Å²) in [6.45, 7) is 2.09. The number of sulfonamides is 1. The lowest BCUT2D eigenvalue weighted by atomic mass is 10.1. The lowest BCUT2D eigenvalue weighted by Crippen LogP contribution is -2.51. The number of ether oxygens (including phenoxy) is 1. The highest BCUT2D eigenvalue weighted by Gasteiger charge is 2.30. The molecule has 1 saturated heterocycles. The molecule has 0 atom stereocenters. The van der Waals surface area contributed by atoms with E-state index in [1.165, 1.54) is 33.5 Å². The minimum absolute atomic E-state index is 0.152. The van der Waals surface area contributed by atoms with Gasteiger partial charge in [0, 0.05) is 42.3 Å². The lowest BCUT2D eigenvalue weighted by molar-refractivity contribution is -0.135. The molecule has 4 rings (SSSR count). The van der Waals surface area contributed by atoms with Crippen LogP contribution in [0.4, 0.5) is 0 Å². The van der Waals surface area contributed by atoms with Gasteiger partial charge in [0.25, 0.3) is 5.91 Å². The van der Waals surface area contributed by atoms with Crippen LogP contribution in [-0.4, -0.2) is 67.3 Å². The molecule has 0 N–H and O–H groups in total. The molecular weight excluding hydrogens is 466 g/mol. The molecule has 33 heavy (non-hydrogen) atoms. The van der Waals surface area contributed by atoms with E-state index in [2.05, 4.69) is 4.98 Å². The van der Waals surface area contributed by atoms with Crippen molar-refractivity contribution in [1.82, 2.24) is 14.2 Å². The van der Waals surface area contributed by atoms with Gasteiger partial charge in [-0.05, 0) is 43.3 Å². The number of nitrogens with zero attached hydrogens (tertiary/aromatic N) is 3. The van der Waals surface area contributed by atoms with Gasteiger partial charge in [0.05, 0.1) is 16.0 Å². The predicted molar refractivity (Wildman–Crippen MR) is 124 cm³/mol. The van der Waals surface area contributed by atoms with Crippen molar-refractivity contribution in [3.63, 3.8) is 0 Å². The third-order valence-electron chi connectivity index (χ3n) is 5.43. The minimum Gasteiger partial charge on any atom is -0.452 e. The van der Waals surface area contributed by atoms with Crippen LogP contribution in [0.5, 0.6) is 0 Å². The fraction of sp³-hybridized carbons (Fsp3) is 0.261. The van der Waals surface area contributed by atoms with Crippen LogP contribution in [0, 0.1) is 6.92 Å². The number of hydrogen-bond donors (Lipinski definition) is 0. The molecule has 1 fully saturated rings. The van der Waals surface area contributed by atoms with Gasteiger partial charge in [0.2, 0.25) is 10.0 Å². The monoisotopic (exact) mass is 487 g/mol. The summed E-state index contributed by atoms with van der Waals surface area (Å²) in [6.07, 6.45) is 0. The standard InChI is InChI=1S/C23H22ClN3O5S/c1-16-14-20(19-4-2-3-5-21(19)25-16)23(29)32-15-22(28)26-10-12-27(13-11-26)33(30,31)18-8-6-17(24)7-9-18/h2-9,14H,10-13,15H2,1H3. The van der Waals surface area contributed by atoms with E-state index >= 15 is 0 Å². The Bertz CT molecular complexity index is 1300. The summed E-state index contributed by atoms with van der Waals surface area (Å²) in [7, 11) is -3.67. The molecule has 1 aliphatic rings. The highest BCUT2D eigenvalue weighted by molar-refractivity contribution is 7.89. The van der Waals surface area contributed by atoms with E-state index in [-0.39, 0.29) is 37.0 Å². The number of pyridine rings is 1. The second kappa shape index (κ2) is 9.46. The summed E-state index contributed by atoms with van der Waals surface area (Å²) in [5.41, 5.74) is 1.70. The summed E-state index contributed by atoms with van der Waals surface area (Å²) in [5, 5.41) is 1.11. The van der Waals surface area contributed by atoms with Gasteiger partial charge in [-0.3, -0.25) is 9.78 Å². The number of halogens is 1. The van der Waals surface area contributed by atoms with E-state index in [1.807, 2.05) is 12.1 Å². The number of carbonyl (C=O) groups is 2. The number of aromatic nitrogens is 1. The topological polar surface area (TPSA) is 96.9 Å². The Kier molecular flexibility index (Phi) is 6.64. The van der Waals surface area contributed by atoms with Gasteiger partial charge in [-0.1, -0.05) is 29.8 Å². The number of carbonyl (C=O) groups excluding carboxylic acids is 2. The summed E-state index contributed by atoms with van der Waals surface area (Å²) >= 11 is 5.84. The van der Waals surface area contributed by atoms with Crippen LogP contribution in [0.2, 0.25) is 5.02 Å². The maximum Gasteiger partial charge on any atom is 0.339 e. The number of amides is 1. The van der Waals surface area contributed by atoms with E-state index in [4.69, 9.17) is 16.3 Å². The normalized spacial score (nSPS) is 14.9. The van der Waals surface area contributed by atoms with Crippen LogP contribution in [0.1, 0.15) is 16.1 Å². The maximum absolute atomic E-state index is 12.8. The Morgan fingerprint density at radius 2 is 1.70 bits per heavy atom. The van der Waals surface area contributed by atoms with E-state index in [0.717, 1.165) is 0 Å². The first-order valence-electron chi connectivity index (χ1n) is 10.3. The van der Waals surface area contributed by atoms with Crippen LogP contribution < -0.4 is 0 Å². The van der Waals surface area contributed by atoms with Gasteiger partial charge in [-0.25, -0.2) is 13.2 Å². The van der Waals surface area contributed by atoms with Gasteiger partial charge < -0.3 is 9.64 Å². The Labute approximate surface area is 196 Å². The molecule has 0 unspecified atom stereocenters. The molecule has 2 heterocycles. The average molecular weight is 488 g/mol. The first kappa shape index (κ1) is 23.2. The number of rotatable bonds is 5. The van der Waals surface area contributed by atoms with E-state index in [1.54, 1.807) is 25.1 Å². The number of aryl methyl sites for hydroxylation is 1. The third kappa shape index (κ3) is 5.00. The minimum atomic E-state index is -3.67. The zero-order valence-electron chi connectivity index (χ0n) is 17.9. The van der Waals surface area contributed by atoms with Crippen molar-refractivity contribution in [1.29, 1.82) is 0 Å². The number of piperazine rings is 1. The van der Waals surface area contributed by atoms with Gasteiger partial charge >= 0.3 is 5.97 Å². The molecule has 1 amide bonds. The SMILES string of the molecule is Cc1cc(C(=O)OCC(=O)N2CCN(S(=O)(=O)c3ccc(Cl)cc3)CC2)c2ccccc2n1. The molecule has 172 valence electrons. The Morgan fingerprint density at radius 1 is 1.03 bits per heavy atom. The van der Waals surface area contributed by atoms with Crippen molar-refractivity contribution in [2.75, 3.05) is 32.8 Å². The predicted octanol–water partition coefficient (Wildman–Crippen LogP) is 2.89. The molecular formula is C23H22ClN3O5S. The average Bonchev–Trinajstić information content (AvgIpc) is 2.82. The van der Waals surface area contributed by atoms with Crippen molar-refractivity contribution >= 4 is 44.4 Å². The fourth-order valence-corrected chi connectivity index (χ4v) is 5.25. The smallest absolute Gasteiger partial charge is 0.339 e. The number of hydrogen-bond acceptors (Lipinski definition) is 6. The van der Waals surface area contributed by atoms with Crippen LogP contribution in [0.25, 0.3) is 10.9 Å².